The minimum Gasteiger partial charge on any atom is -0.506 e. The van der Waals surface area contributed by atoms with E-state index in [1.54, 1.807) is 6.07 Å². The zero-order valence-corrected chi connectivity index (χ0v) is 25.0. The zero-order chi connectivity index (χ0) is 25.7. The Labute approximate surface area is 238 Å². The molecule has 38 heavy (non-hydrogen) atoms. The van der Waals surface area contributed by atoms with Crippen LogP contribution in [0.15, 0.2) is 91.1 Å². The van der Waals surface area contributed by atoms with Gasteiger partial charge in [-0.1, -0.05) is 54.6 Å². The molecule has 0 bridgehead atoms. The van der Waals surface area contributed by atoms with Gasteiger partial charge in [-0.3, -0.25) is 14.5 Å². The number of hydrogen-bond acceptors (Lipinski definition) is 3. The molecule has 6 heteroatoms. The number of phenols is 1. The van der Waals surface area contributed by atoms with E-state index in [2.05, 4.69) is 97.2 Å². The molecule has 0 aliphatic heterocycles. The normalized spacial score (nSPS) is 11.6. The number of rotatable bonds is 4. The van der Waals surface area contributed by atoms with E-state index < -0.39 is 8.07 Å². The van der Waals surface area contributed by atoms with Crippen LogP contribution < -0.4 is 10.5 Å². The predicted octanol–water partition coefficient (Wildman–Crippen LogP) is 6.18. The molecule has 0 saturated heterocycles. The van der Waals surface area contributed by atoms with Gasteiger partial charge in [0, 0.05) is 43.4 Å². The first-order chi connectivity index (χ1) is 17.8. The fourth-order valence-electron chi connectivity index (χ4n) is 5.16. The number of benzene rings is 3. The first-order valence-electron chi connectivity index (χ1n) is 12.5. The topological polar surface area (TPSA) is 50.9 Å². The van der Waals surface area contributed by atoms with Crippen molar-refractivity contribution in [3.05, 3.63) is 108 Å². The third kappa shape index (κ3) is 4.30. The number of aromatic hydroxyl groups is 1. The van der Waals surface area contributed by atoms with Gasteiger partial charge in [-0.05, 0) is 55.9 Å². The van der Waals surface area contributed by atoms with Gasteiger partial charge in [-0.15, -0.1) is 35.0 Å². The van der Waals surface area contributed by atoms with Crippen molar-refractivity contribution in [2.45, 2.75) is 26.9 Å². The molecule has 0 unspecified atom stereocenters. The maximum absolute atomic E-state index is 10.8. The van der Waals surface area contributed by atoms with Crippen LogP contribution in [0.2, 0.25) is 13.1 Å². The van der Waals surface area contributed by atoms with E-state index in [0.29, 0.717) is 0 Å². The van der Waals surface area contributed by atoms with E-state index in [1.165, 1.54) is 10.8 Å². The van der Waals surface area contributed by atoms with Crippen molar-refractivity contribution in [2.75, 3.05) is 0 Å². The first kappa shape index (κ1) is 26.1. The molecule has 0 saturated carbocycles. The number of aryl methyl sites for hydroxylation is 2. The molecule has 0 amide bonds. The second kappa shape index (κ2) is 9.97. The van der Waals surface area contributed by atoms with Gasteiger partial charge in [0.2, 0.25) is 0 Å². The quantitative estimate of drug-likeness (QED) is 0.177. The summed E-state index contributed by atoms with van der Waals surface area (Å²) in [5.74, 6) is 0.225. The molecular formula is C32H28N3OPtSi-. The van der Waals surface area contributed by atoms with Gasteiger partial charge in [0.25, 0.3) is 0 Å². The van der Waals surface area contributed by atoms with Gasteiger partial charge in [-0.2, -0.15) is 0 Å². The summed E-state index contributed by atoms with van der Waals surface area (Å²) in [6, 6.07) is 32.3. The average Bonchev–Trinajstić information content (AvgIpc) is 3.21. The summed E-state index contributed by atoms with van der Waals surface area (Å²) in [5.41, 5.74) is 6.71. The number of pyridine rings is 2. The van der Waals surface area contributed by atoms with Crippen LogP contribution in [0, 0.1) is 19.9 Å². The maximum Gasteiger partial charge on any atom is 0.139 e. The molecular weight excluding hydrogens is 666 g/mol. The zero-order valence-electron chi connectivity index (χ0n) is 21.8. The Morgan fingerprint density at radius 3 is 2.39 bits per heavy atom. The van der Waals surface area contributed by atoms with Crippen molar-refractivity contribution in [3.8, 4) is 22.7 Å². The summed E-state index contributed by atoms with van der Waals surface area (Å²) in [6.07, 6.45) is 1.87. The van der Waals surface area contributed by atoms with Gasteiger partial charge < -0.3 is 5.11 Å². The van der Waals surface area contributed by atoms with Gasteiger partial charge in [0.1, 0.15) is 19.5 Å². The van der Waals surface area contributed by atoms with Crippen LogP contribution in [0.1, 0.15) is 11.1 Å². The molecule has 0 atom stereocenters. The van der Waals surface area contributed by atoms with Crippen LogP contribution in [0.25, 0.3) is 38.9 Å². The Kier molecular flexibility index (Phi) is 6.85. The Hall–Kier alpha value is -3.53. The molecule has 3 heterocycles. The Morgan fingerprint density at radius 2 is 1.63 bits per heavy atom. The van der Waals surface area contributed by atoms with Crippen LogP contribution in [-0.4, -0.2) is 27.7 Å². The van der Waals surface area contributed by atoms with E-state index >= 15 is 0 Å². The molecule has 4 nitrogen and oxygen atoms in total. The third-order valence-corrected chi connectivity index (χ3v) is 10.5. The number of phenolic OH excluding ortho intramolecular Hbond substituents is 1. The molecule has 3 aromatic carbocycles. The van der Waals surface area contributed by atoms with E-state index in [4.69, 9.17) is 4.98 Å². The van der Waals surface area contributed by atoms with E-state index in [0.717, 1.165) is 49.8 Å². The molecule has 1 N–H and O–H groups in total. The first-order valence-corrected chi connectivity index (χ1v) is 15.5. The van der Waals surface area contributed by atoms with Crippen LogP contribution >= 0.6 is 0 Å². The van der Waals surface area contributed by atoms with Crippen LogP contribution in [0.3, 0.4) is 0 Å². The molecule has 0 aliphatic rings. The number of fused-ring (bicyclic) bond motifs is 3. The van der Waals surface area contributed by atoms with Crippen molar-refractivity contribution >= 4 is 40.5 Å². The minimum absolute atomic E-state index is 0. The SMILES string of the molecule is Cc1ccc2c(c1)c1cc(C)c(-c3[c-]c([Si](C)(C)c4ccccn4)ccc3)nc1n2-c1ccccc1O.[Pt]. The standard InChI is InChI=1S/C32H28N3OSi.Pt/c1-21-15-16-27-25(18-21)26-19-22(2)31(34-32(26)35(27)28-12-5-6-13-29(28)36)23-10-9-11-24(20-23)37(3,4)30-14-7-8-17-33-30;/h5-19,36H,1-4H3;/q-1;. The average molecular weight is 694 g/mol. The Morgan fingerprint density at radius 1 is 0.842 bits per heavy atom. The van der Waals surface area contributed by atoms with Crippen LogP contribution in [0.4, 0.5) is 0 Å². The van der Waals surface area contributed by atoms with Gasteiger partial charge >= 0.3 is 0 Å². The molecule has 0 radical (unpaired) electrons. The van der Waals surface area contributed by atoms with Gasteiger partial charge in [0.15, 0.2) is 0 Å². The van der Waals surface area contributed by atoms with Crippen molar-refractivity contribution < 1.29 is 26.2 Å². The summed E-state index contributed by atoms with van der Waals surface area (Å²) < 4.78 is 2.07. The summed E-state index contributed by atoms with van der Waals surface area (Å²) >= 11 is 0. The van der Waals surface area contributed by atoms with Crippen LogP contribution in [0.5, 0.6) is 5.75 Å². The fourth-order valence-corrected chi connectivity index (χ4v) is 7.31. The van der Waals surface area contributed by atoms with E-state index in [9.17, 15) is 5.11 Å². The predicted molar refractivity (Wildman–Crippen MR) is 155 cm³/mol. The van der Waals surface area contributed by atoms with Crippen molar-refractivity contribution in [1.82, 2.24) is 14.5 Å². The molecule has 3 aromatic heterocycles. The number of aromatic nitrogens is 3. The van der Waals surface area contributed by atoms with E-state index in [1.807, 2.05) is 30.5 Å². The number of nitrogens with zero attached hydrogens (tertiary/aromatic N) is 3. The fraction of sp³-hybridized carbons (Fsp3) is 0.125. The molecule has 192 valence electrons. The second-order valence-electron chi connectivity index (χ2n) is 10.2. The van der Waals surface area contributed by atoms with E-state index in [-0.39, 0.29) is 26.8 Å². The van der Waals surface area contributed by atoms with Crippen molar-refractivity contribution in [1.29, 1.82) is 0 Å². The van der Waals surface area contributed by atoms with Crippen molar-refractivity contribution in [2.24, 2.45) is 0 Å². The smallest absolute Gasteiger partial charge is 0.139 e. The molecule has 0 spiro atoms. The molecule has 6 rings (SSSR count). The molecule has 0 fully saturated rings. The third-order valence-electron chi connectivity index (χ3n) is 7.24. The monoisotopic (exact) mass is 693 g/mol. The van der Waals surface area contributed by atoms with Crippen molar-refractivity contribution in [3.63, 3.8) is 0 Å². The number of para-hydroxylation sites is 2. The minimum atomic E-state index is -2.03. The Bertz CT molecular complexity index is 1790. The molecule has 0 aliphatic carbocycles. The number of hydrogen-bond donors (Lipinski definition) is 1. The largest absolute Gasteiger partial charge is 0.506 e. The Balaban J connectivity index is 0.00000294. The van der Waals surface area contributed by atoms with Gasteiger partial charge in [0.05, 0.1) is 11.2 Å². The van der Waals surface area contributed by atoms with Crippen LogP contribution in [-0.2, 0) is 21.1 Å². The molecule has 6 aromatic rings. The maximum atomic E-state index is 10.8. The second-order valence-corrected chi connectivity index (χ2v) is 14.5. The summed E-state index contributed by atoms with van der Waals surface area (Å²) in [4.78, 5) is 9.92. The van der Waals surface area contributed by atoms with Gasteiger partial charge in [-0.25, -0.2) is 0 Å². The summed E-state index contributed by atoms with van der Waals surface area (Å²) in [7, 11) is -2.03. The summed E-state index contributed by atoms with van der Waals surface area (Å²) in [6.45, 7) is 8.84. The summed E-state index contributed by atoms with van der Waals surface area (Å²) in [5, 5.41) is 15.3.